The van der Waals surface area contributed by atoms with Crippen LogP contribution in [-0.2, 0) is 6.54 Å². The Bertz CT molecular complexity index is 579. The minimum Gasteiger partial charge on any atom is -0.417 e. The van der Waals surface area contributed by atoms with Crippen molar-refractivity contribution >= 4 is 11.6 Å². The number of nitrogens with zero attached hydrogens (tertiary/aromatic N) is 1. The molecule has 1 saturated carbocycles. The Kier molecular flexibility index (Phi) is 3.44. The number of aromatic nitrogens is 1. The van der Waals surface area contributed by atoms with Crippen molar-refractivity contribution < 1.29 is 9.15 Å². The van der Waals surface area contributed by atoms with Crippen LogP contribution in [0.5, 0.6) is 11.8 Å². The molecule has 100 valence electrons. The van der Waals surface area contributed by atoms with Gasteiger partial charge in [-0.1, -0.05) is 11.6 Å². The van der Waals surface area contributed by atoms with Crippen molar-refractivity contribution in [3.63, 3.8) is 0 Å². The fraction of sp³-hybridized carbons (Fsp3) is 0.357. The van der Waals surface area contributed by atoms with Crippen LogP contribution in [-0.4, -0.2) is 11.0 Å². The molecule has 19 heavy (non-hydrogen) atoms. The lowest BCUT2D eigenvalue weighted by Gasteiger charge is -2.02. The van der Waals surface area contributed by atoms with E-state index in [-0.39, 0.29) is 6.08 Å². The number of nitrogens with one attached hydrogen (secondary N) is 1. The van der Waals surface area contributed by atoms with Crippen molar-refractivity contribution in [3.05, 3.63) is 40.7 Å². The molecule has 1 N–H and O–H groups in total. The van der Waals surface area contributed by atoms with E-state index in [1.54, 1.807) is 18.4 Å². The molecule has 1 aromatic heterocycles. The van der Waals surface area contributed by atoms with E-state index < -0.39 is 0 Å². The van der Waals surface area contributed by atoms with Gasteiger partial charge in [0.25, 0.3) is 0 Å². The molecule has 0 bridgehead atoms. The highest BCUT2D eigenvalue weighted by molar-refractivity contribution is 6.31. The molecule has 3 rings (SSSR count). The molecule has 1 fully saturated rings. The number of ether oxygens (including phenoxy) is 1. The van der Waals surface area contributed by atoms with Crippen molar-refractivity contribution in [2.75, 3.05) is 0 Å². The molecule has 1 heterocycles. The molecule has 1 aliphatic carbocycles. The second kappa shape index (κ2) is 5.23. The topological polar surface area (TPSA) is 47.3 Å². The normalized spacial score (nSPS) is 14.6. The Morgan fingerprint density at radius 3 is 3.05 bits per heavy atom. The molecule has 0 atom stereocenters. The van der Waals surface area contributed by atoms with Crippen molar-refractivity contribution in [2.45, 2.75) is 32.4 Å². The maximum atomic E-state index is 5.96. The van der Waals surface area contributed by atoms with Crippen LogP contribution in [0.4, 0.5) is 0 Å². The van der Waals surface area contributed by atoms with Gasteiger partial charge in [-0.15, -0.1) is 0 Å². The first-order chi connectivity index (χ1) is 9.20. The summed E-state index contributed by atoms with van der Waals surface area (Å²) in [5.41, 5.74) is 1.81. The maximum Gasteiger partial charge on any atom is 0.399 e. The summed E-state index contributed by atoms with van der Waals surface area (Å²) in [5.74, 6) is 0.672. The predicted molar refractivity (Wildman–Crippen MR) is 72.6 cm³/mol. The molecule has 4 nitrogen and oxygen atoms in total. The first-order valence-corrected chi connectivity index (χ1v) is 6.70. The second-order valence-electron chi connectivity index (χ2n) is 4.77. The average molecular weight is 279 g/mol. The van der Waals surface area contributed by atoms with Gasteiger partial charge >= 0.3 is 6.08 Å². The number of oxazole rings is 1. The molecule has 2 aromatic rings. The Morgan fingerprint density at radius 1 is 1.47 bits per heavy atom. The number of halogens is 1. The van der Waals surface area contributed by atoms with E-state index in [0.29, 0.717) is 16.8 Å². The van der Waals surface area contributed by atoms with E-state index in [4.69, 9.17) is 20.8 Å². The zero-order valence-corrected chi connectivity index (χ0v) is 11.4. The molecular formula is C14H15ClN2O2. The van der Waals surface area contributed by atoms with E-state index in [9.17, 15) is 0 Å². The molecule has 0 saturated heterocycles. The van der Waals surface area contributed by atoms with Gasteiger partial charge in [0.15, 0.2) is 0 Å². The molecule has 5 heteroatoms. The van der Waals surface area contributed by atoms with E-state index in [0.717, 1.165) is 17.8 Å². The molecule has 0 spiro atoms. The number of aryl methyl sites for hydroxylation is 1. The van der Waals surface area contributed by atoms with Crippen LogP contribution in [0.3, 0.4) is 0 Å². The summed E-state index contributed by atoms with van der Waals surface area (Å²) in [6.45, 7) is 2.65. The third kappa shape index (κ3) is 3.28. The molecule has 0 unspecified atom stereocenters. The van der Waals surface area contributed by atoms with E-state index in [2.05, 4.69) is 10.3 Å². The van der Waals surface area contributed by atoms with Crippen LogP contribution in [0.25, 0.3) is 0 Å². The highest BCUT2D eigenvalue weighted by atomic mass is 35.5. The number of hydrogen-bond donors (Lipinski definition) is 1. The lowest BCUT2D eigenvalue weighted by atomic mass is 10.2. The number of hydrogen-bond acceptors (Lipinski definition) is 4. The van der Waals surface area contributed by atoms with Gasteiger partial charge in [0, 0.05) is 17.6 Å². The monoisotopic (exact) mass is 278 g/mol. The van der Waals surface area contributed by atoms with E-state index in [1.165, 1.54) is 12.8 Å². The van der Waals surface area contributed by atoms with Gasteiger partial charge in [-0.3, -0.25) is 0 Å². The smallest absolute Gasteiger partial charge is 0.399 e. The van der Waals surface area contributed by atoms with Gasteiger partial charge in [0.05, 0.1) is 5.69 Å². The van der Waals surface area contributed by atoms with Crippen molar-refractivity contribution in [2.24, 2.45) is 0 Å². The van der Waals surface area contributed by atoms with Crippen LogP contribution in [0, 0.1) is 6.92 Å². The summed E-state index contributed by atoms with van der Waals surface area (Å²) in [6, 6.07) is 6.10. The van der Waals surface area contributed by atoms with Crippen LogP contribution in [0.15, 0.2) is 28.9 Å². The Hall–Kier alpha value is -1.52. The van der Waals surface area contributed by atoms with Gasteiger partial charge < -0.3 is 14.5 Å². The Morgan fingerprint density at radius 2 is 2.32 bits per heavy atom. The SMILES string of the molecule is Cc1cc(Oc2nc(CNC3CC3)co2)ccc1Cl. The third-order valence-corrected chi connectivity index (χ3v) is 3.44. The lowest BCUT2D eigenvalue weighted by Crippen LogP contribution is -2.15. The lowest BCUT2D eigenvalue weighted by molar-refractivity contribution is 0.330. The second-order valence-corrected chi connectivity index (χ2v) is 5.18. The van der Waals surface area contributed by atoms with Crippen LogP contribution in [0.2, 0.25) is 5.02 Å². The highest BCUT2D eigenvalue weighted by Gasteiger charge is 2.20. The Labute approximate surface area is 116 Å². The maximum absolute atomic E-state index is 5.96. The third-order valence-electron chi connectivity index (χ3n) is 3.01. The van der Waals surface area contributed by atoms with E-state index >= 15 is 0 Å². The largest absolute Gasteiger partial charge is 0.417 e. The first-order valence-electron chi connectivity index (χ1n) is 6.32. The summed E-state index contributed by atoms with van der Waals surface area (Å²) in [7, 11) is 0. The highest BCUT2D eigenvalue weighted by Crippen LogP contribution is 2.25. The molecule has 0 radical (unpaired) electrons. The van der Waals surface area contributed by atoms with Crippen molar-refractivity contribution in [3.8, 4) is 11.8 Å². The molecule has 1 aliphatic rings. The van der Waals surface area contributed by atoms with Gasteiger partial charge in [0.2, 0.25) is 0 Å². The van der Waals surface area contributed by atoms with Gasteiger partial charge in [-0.25, -0.2) is 0 Å². The van der Waals surface area contributed by atoms with Gasteiger partial charge in [-0.05, 0) is 43.5 Å². The number of rotatable bonds is 5. The summed E-state index contributed by atoms with van der Waals surface area (Å²) < 4.78 is 10.8. The van der Waals surface area contributed by atoms with E-state index in [1.807, 2.05) is 13.0 Å². The van der Waals surface area contributed by atoms with Crippen LogP contribution < -0.4 is 10.1 Å². The molecule has 0 amide bonds. The summed E-state index contributed by atoms with van der Waals surface area (Å²) in [6.07, 6.45) is 4.39. The van der Waals surface area contributed by atoms with Gasteiger partial charge in [0.1, 0.15) is 12.0 Å². The summed E-state index contributed by atoms with van der Waals surface area (Å²) in [4.78, 5) is 4.27. The minimum atomic E-state index is 0.259. The fourth-order valence-electron chi connectivity index (χ4n) is 1.73. The first kappa shape index (κ1) is 12.5. The van der Waals surface area contributed by atoms with Gasteiger partial charge in [-0.2, -0.15) is 4.98 Å². The molecule has 0 aliphatic heterocycles. The molecule has 1 aromatic carbocycles. The minimum absolute atomic E-state index is 0.259. The fourth-order valence-corrected chi connectivity index (χ4v) is 1.85. The molecular weight excluding hydrogens is 264 g/mol. The van der Waals surface area contributed by atoms with Crippen LogP contribution in [0.1, 0.15) is 24.1 Å². The average Bonchev–Trinajstić information content (AvgIpc) is 3.12. The Balaban J connectivity index is 1.63. The van der Waals surface area contributed by atoms with Crippen molar-refractivity contribution in [1.82, 2.24) is 10.3 Å². The van der Waals surface area contributed by atoms with Crippen molar-refractivity contribution in [1.29, 1.82) is 0 Å². The standard InChI is InChI=1S/C14H15ClN2O2/c1-9-6-12(4-5-13(9)15)19-14-17-11(8-18-14)7-16-10-2-3-10/h4-6,8,10,16H,2-3,7H2,1H3. The van der Waals surface area contributed by atoms with Crippen LogP contribution >= 0.6 is 11.6 Å². The summed E-state index contributed by atoms with van der Waals surface area (Å²) in [5, 5.41) is 4.09. The number of benzene rings is 1. The quantitative estimate of drug-likeness (QED) is 0.906. The zero-order valence-electron chi connectivity index (χ0n) is 10.6. The zero-order chi connectivity index (χ0) is 13.2. The predicted octanol–water partition coefficient (Wildman–Crippen LogP) is 3.68. The summed E-state index contributed by atoms with van der Waals surface area (Å²) >= 11 is 5.96.